The zero-order valence-corrected chi connectivity index (χ0v) is 11.5. The Kier molecular flexibility index (Phi) is 2.98. The highest BCUT2D eigenvalue weighted by molar-refractivity contribution is 6.30. The SMILES string of the molecule is Cc1nc(Cl)c(C)c(Nc2n[nH]c3ncc(F)cc23)n1. The Labute approximate surface area is 118 Å². The van der Waals surface area contributed by atoms with Crippen LogP contribution in [0.15, 0.2) is 12.3 Å². The molecule has 3 rings (SSSR count). The minimum absolute atomic E-state index is 0.365. The summed E-state index contributed by atoms with van der Waals surface area (Å²) in [4.78, 5) is 12.2. The summed E-state index contributed by atoms with van der Waals surface area (Å²) in [5, 5.41) is 10.7. The molecule has 0 saturated heterocycles. The summed E-state index contributed by atoms with van der Waals surface area (Å²) in [6, 6.07) is 1.35. The molecule has 3 aromatic heterocycles. The van der Waals surface area contributed by atoms with Crippen LogP contribution in [0.5, 0.6) is 0 Å². The number of hydrogen-bond acceptors (Lipinski definition) is 5. The van der Waals surface area contributed by atoms with Crippen LogP contribution in [0, 0.1) is 19.7 Å². The lowest BCUT2D eigenvalue weighted by Gasteiger charge is -2.08. The van der Waals surface area contributed by atoms with Crippen molar-refractivity contribution in [2.24, 2.45) is 0 Å². The van der Waals surface area contributed by atoms with Crippen molar-refractivity contribution in [2.75, 3.05) is 5.32 Å². The summed E-state index contributed by atoms with van der Waals surface area (Å²) < 4.78 is 13.3. The normalized spacial score (nSPS) is 11.0. The van der Waals surface area contributed by atoms with Crippen LogP contribution in [0.3, 0.4) is 0 Å². The monoisotopic (exact) mass is 292 g/mol. The fourth-order valence-corrected chi connectivity index (χ4v) is 2.01. The van der Waals surface area contributed by atoms with E-state index in [2.05, 4.69) is 30.5 Å². The third-order valence-electron chi connectivity index (χ3n) is 2.82. The second-order valence-electron chi connectivity index (χ2n) is 4.28. The van der Waals surface area contributed by atoms with Gasteiger partial charge in [0.2, 0.25) is 0 Å². The number of fused-ring (bicyclic) bond motifs is 1. The first-order valence-electron chi connectivity index (χ1n) is 5.82. The molecule has 6 nitrogen and oxygen atoms in total. The Morgan fingerprint density at radius 1 is 1.25 bits per heavy atom. The van der Waals surface area contributed by atoms with E-state index in [0.29, 0.717) is 39.2 Å². The predicted octanol–water partition coefficient (Wildman–Crippen LogP) is 2.90. The number of aromatic nitrogens is 5. The van der Waals surface area contributed by atoms with E-state index < -0.39 is 5.82 Å². The van der Waals surface area contributed by atoms with Gasteiger partial charge in [-0.3, -0.25) is 5.10 Å². The number of pyridine rings is 1. The smallest absolute Gasteiger partial charge is 0.163 e. The van der Waals surface area contributed by atoms with Crippen LogP contribution in [0.25, 0.3) is 11.0 Å². The van der Waals surface area contributed by atoms with Gasteiger partial charge in [0, 0.05) is 5.56 Å². The first-order valence-corrected chi connectivity index (χ1v) is 6.20. The van der Waals surface area contributed by atoms with E-state index in [-0.39, 0.29) is 0 Å². The second kappa shape index (κ2) is 4.68. The second-order valence-corrected chi connectivity index (χ2v) is 4.64. The van der Waals surface area contributed by atoms with Crippen LogP contribution in [0.1, 0.15) is 11.4 Å². The fraction of sp³-hybridized carbons (Fsp3) is 0.167. The number of aryl methyl sites for hydroxylation is 1. The number of halogens is 2. The van der Waals surface area contributed by atoms with Gasteiger partial charge in [-0.05, 0) is 19.9 Å². The van der Waals surface area contributed by atoms with Crippen LogP contribution >= 0.6 is 11.6 Å². The van der Waals surface area contributed by atoms with Crippen LogP contribution in [0.4, 0.5) is 16.0 Å². The minimum Gasteiger partial charge on any atom is -0.323 e. The molecule has 0 unspecified atom stereocenters. The number of anilines is 2. The van der Waals surface area contributed by atoms with Crippen molar-refractivity contribution < 1.29 is 4.39 Å². The first-order chi connectivity index (χ1) is 9.54. The van der Waals surface area contributed by atoms with Crippen molar-refractivity contribution in [1.29, 1.82) is 0 Å². The molecular weight excluding hydrogens is 283 g/mol. The Bertz CT molecular complexity index is 800. The number of nitrogens with one attached hydrogen (secondary N) is 2. The Morgan fingerprint density at radius 3 is 2.85 bits per heavy atom. The van der Waals surface area contributed by atoms with E-state index in [1.165, 1.54) is 6.07 Å². The van der Waals surface area contributed by atoms with Gasteiger partial charge in [-0.15, -0.1) is 0 Å². The van der Waals surface area contributed by atoms with E-state index in [1.807, 2.05) is 0 Å². The summed E-state index contributed by atoms with van der Waals surface area (Å²) in [6.07, 6.45) is 1.13. The van der Waals surface area contributed by atoms with Crippen LogP contribution in [0.2, 0.25) is 5.15 Å². The number of rotatable bonds is 2. The molecule has 0 radical (unpaired) electrons. The Balaban J connectivity index is 2.08. The van der Waals surface area contributed by atoms with Crippen LogP contribution in [-0.2, 0) is 0 Å². The average Bonchev–Trinajstić information content (AvgIpc) is 2.78. The quantitative estimate of drug-likeness (QED) is 0.710. The average molecular weight is 293 g/mol. The first kappa shape index (κ1) is 12.7. The third-order valence-corrected chi connectivity index (χ3v) is 3.19. The summed E-state index contributed by atoms with van der Waals surface area (Å²) >= 11 is 6.01. The molecule has 0 bridgehead atoms. The van der Waals surface area contributed by atoms with Crippen molar-refractivity contribution >= 4 is 34.3 Å². The van der Waals surface area contributed by atoms with Crippen molar-refractivity contribution in [1.82, 2.24) is 25.1 Å². The molecule has 0 spiro atoms. The molecule has 20 heavy (non-hydrogen) atoms. The summed E-state index contributed by atoms with van der Waals surface area (Å²) in [5.74, 6) is 1.06. The van der Waals surface area contributed by atoms with E-state index in [1.54, 1.807) is 13.8 Å². The molecule has 0 aliphatic rings. The van der Waals surface area contributed by atoms with Gasteiger partial charge in [0.25, 0.3) is 0 Å². The number of aromatic amines is 1. The van der Waals surface area contributed by atoms with Gasteiger partial charge in [-0.1, -0.05) is 11.6 Å². The molecule has 0 amide bonds. The van der Waals surface area contributed by atoms with Gasteiger partial charge in [-0.2, -0.15) is 5.10 Å². The van der Waals surface area contributed by atoms with Gasteiger partial charge in [-0.25, -0.2) is 19.3 Å². The predicted molar refractivity (Wildman–Crippen MR) is 73.6 cm³/mol. The van der Waals surface area contributed by atoms with Gasteiger partial charge in [0.1, 0.15) is 22.6 Å². The van der Waals surface area contributed by atoms with Crippen molar-refractivity contribution in [3.05, 3.63) is 34.6 Å². The van der Waals surface area contributed by atoms with Crippen molar-refractivity contribution in [2.45, 2.75) is 13.8 Å². The highest BCUT2D eigenvalue weighted by atomic mass is 35.5. The molecule has 0 atom stereocenters. The molecule has 0 aromatic carbocycles. The van der Waals surface area contributed by atoms with Gasteiger partial charge in [0.05, 0.1) is 11.6 Å². The maximum Gasteiger partial charge on any atom is 0.163 e. The highest BCUT2D eigenvalue weighted by Gasteiger charge is 2.12. The zero-order valence-electron chi connectivity index (χ0n) is 10.7. The van der Waals surface area contributed by atoms with Crippen LogP contribution in [-0.4, -0.2) is 25.1 Å². The lowest BCUT2D eigenvalue weighted by molar-refractivity contribution is 0.624. The summed E-state index contributed by atoms with van der Waals surface area (Å²) in [6.45, 7) is 3.53. The number of H-pyrrole nitrogens is 1. The van der Waals surface area contributed by atoms with E-state index in [0.717, 1.165) is 6.20 Å². The Hall–Kier alpha value is -2.28. The molecule has 0 saturated carbocycles. The minimum atomic E-state index is -0.435. The molecule has 0 fully saturated rings. The molecule has 8 heteroatoms. The summed E-state index contributed by atoms with van der Waals surface area (Å²) in [7, 11) is 0. The standard InChI is InChI=1S/C12H10ClFN6/c1-5-9(13)16-6(2)17-10(5)18-12-8-3-7(14)4-15-11(8)19-20-12/h3-4H,1-2H3,(H2,15,16,17,18,19,20). The highest BCUT2D eigenvalue weighted by Crippen LogP contribution is 2.26. The lowest BCUT2D eigenvalue weighted by atomic mass is 10.3. The van der Waals surface area contributed by atoms with Crippen molar-refractivity contribution in [3.8, 4) is 0 Å². The third kappa shape index (κ3) is 2.16. The van der Waals surface area contributed by atoms with Crippen LogP contribution < -0.4 is 5.32 Å². The van der Waals surface area contributed by atoms with Gasteiger partial charge < -0.3 is 5.32 Å². The maximum atomic E-state index is 13.3. The zero-order chi connectivity index (χ0) is 14.3. The van der Waals surface area contributed by atoms with E-state index in [4.69, 9.17) is 11.6 Å². The van der Waals surface area contributed by atoms with E-state index >= 15 is 0 Å². The molecule has 3 aromatic rings. The molecule has 3 heterocycles. The molecule has 0 aliphatic carbocycles. The fourth-order valence-electron chi connectivity index (χ4n) is 1.80. The topological polar surface area (TPSA) is 79.4 Å². The largest absolute Gasteiger partial charge is 0.323 e. The lowest BCUT2D eigenvalue weighted by Crippen LogP contribution is -2.01. The molecule has 2 N–H and O–H groups in total. The number of nitrogens with zero attached hydrogens (tertiary/aromatic N) is 4. The molecule has 102 valence electrons. The van der Waals surface area contributed by atoms with Crippen molar-refractivity contribution in [3.63, 3.8) is 0 Å². The van der Waals surface area contributed by atoms with E-state index in [9.17, 15) is 4.39 Å². The molecule has 0 aliphatic heterocycles. The van der Waals surface area contributed by atoms with Gasteiger partial charge >= 0.3 is 0 Å². The summed E-state index contributed by atoms with van der Waals surface area (Å²) in [5.41, 5.74) is 1.18. The Morgan fingerprint density at radius 2 is 2.05 bits per heavy atom. The molecular formula is C12H10ClFN6. The number of hydrogen-bond donors (Lipinski definition) is 2. The van der Waals surface area contributed by atoms with Gasteiger partial charge in [0.15, 0.2) is 11.5 Å². The maximum absolute atomic E-state index is 13.3.